The van der Waals surface area contributed by atoms with E-state index in [2.05, 4.69) is 9.71 Å². The maximum Gasteiger partial charge on any atom is 0.241 e. The van der Waals surface area contributed by atoms with Crippen molar-refractivity contribution in [2.75, 3.05) is 7.11 Å². The summed E-state index contributed by atoms with van der Waals surface area (Å²) in [5.41, 5.74) is 4.20. The fourth-order valence-corrected chi connectivity index (χ4v) is 5.28. The molecule has 3 aromatic rings. The quantitative estimate of drug-likeness (QED) is 0.740. The molecule has 1 heterocycles. The lowest BCUT2D eigenvalue weighted by atomic mass is 9.92. The highest BCUT2D eigenvalue weighted by atomic mass is 32.2. The highest BCUT2D eigenvalue weighted by Crippen LogP contribution is 2.32. The summed E-state index contributed by atoms with van der Waals surface area (Å²) in [6, 6.07) is 12.9. The molecule has 1 atom stereocenters. The number of hydrogen-bond acceptors (Lipinski definition) is 3. The Labute approximate surface area is 153 Å². The third kappa shape index (κ3) is 2.99. The SMILES string of the molecule is COc1ccc2[nH]c3c(c2c1)CC(NS(=O)(=O)c1ccccc1C)CC3. The summed E-state index contributed by atoms with van der Waals surface area (Å²) in [5, 5.41) is 1.11. The van der Waals surface area contributed by atoms with E-state index in [0.29, 0.717) is 11.3 Å². The number of aryl methyl sites for hydroxylation is 2. The van der Waals surface area contributed by atoms with Crippen LogP contribution in [-0.4, -0.2) is 26.6 Å². The van der Waals surface area contributed by atoms with Crippen LogP contribution in [0.5, 0.6) is 5.75 Å². The molecule has 0 saturated carbocycles. The number of nitrogens with one attached hydrogen (secondary N) is 2. The summed E-state index contributed by atoms with van der Waals surface area (Å²) in [7, 11) is -1.88. The molecule has 0 aliphatic heterocycles. The van der Waals surface area contributed by atoms with Crippen LogP contribution in [0.15, 0.2) is 47.4 Å². The van der Waals surface area contributed by atoms with Gasteiger partial charge in [0, 0.05) is 22.6 Å². The predicted octanol–water partition coefficient (Wildman–Crippen LogP) is 3.32. The largest absolute Gasteiger partial charge is 0.497 e. The maximum absolute atomic E-state index is 12.8. The summed E-state index contributed by atoms with van der Waals surface area (Å²) in [4.78, 5) is 3.81. The van der Waals surface area contributed by atoms with Crippen molar-refractivity contribution in [2.24, 2.45) is 0 Å². The fourth-order valence-electron chi connectivity index (χ4n) is 3.76. The Morgan fingerprint density at radius 1 is 1.19 bits per heavy atom. The maximum atomic E-state index is 12.8. The Kier molecular flexibility index (Phi) is 4.25. The molecule has 2 N–H and O–H groups in total. The monoisotopic (exact) mass is 370 g/mol. The number of sulfonamides is 1. The van der Waals surface area contributed by atoms with E-state index < -0.39 is 10.0 Å². The van der Waals surface area contributed by atoms with Gasteiger partial charge in [0.15, 0.2) is 0 Å². The molecule has 1 unspecified atom stereocenters. The van der Waals surface area contributed by atoms with Crippen LogP contribution >= 0.6 is 0 Å². The lowest BCUT2D eigenvalue weighted by Crippen LogP contribution is -2.38. The first-order valence-corrected chi connectivity index (χ1v) is 10.2. The number of benzene rings is 2. The summed E-state index contributed by atoms with van der Waals surface area (Å²) in [6.45, 7) is 1.82. The van der Waals surface area contributed by atoms with Gasteiger partial charge in [-0.2, -0.15) is 0 Å². The molecule has 0 radical (unpaired) electrons. The second-order valence-corrected chi connectivity index (χ2v) is 8.50. The summed E-state index contributed by atoms with van der Waals surface area (Å²) in [5.74, 6) is 0.807. The van der Waals surface area contributed by atoms with E-state index in [9.17, 15) is 8.42 Å². The van der Waals surface area contributed by atoms with Crippen LogP contribution in [0.3, 0.4) is 0 Å². The summed E-state index contributed by atoms with van der Waals surface area (Å²) >= 11 is 0. The van der Waals surface area contributed by atoms with Crippen molar-refractivity contribution in [1.82, 2.24) is 9.71 Å². The smallest absolute Gasteiger partial charge is 0.241 e. The normalized spacial score (nSPS) is 17.2. The number of ether oxygens (including phenoxy) is 1. The Morgan fingerprint density at radius 3 is 2.77 bits per heavy atom. The van der Waals surface area contributed by atoms with Gasteiger partial charge in [-0.1, -0.05) is 18.2 Å². The van der Waals surface area contributed by atoms with Gasteiger partial charge in [0.1, 0.15) is 5.75 Å². The number of hydrogen-bond donors (Lipinski definition) is 2. The van der Waals surface area contributed by atoms with Gasteiger partial charge in [-0.3, -0.25) is 0 Å². The van der Waals surface area contributed by atoms with Gasteiger partial charge in [-0.15, -0.1) is 0 Å². The zero-order chi connectivity index (χ0) is 18.3. The van der Waals surface area contributed by atoms with Gasteiger partial charge >= 0.3 is 0 Å². The molecule has 0 bridgehead atoms. The van der Waals surface area contributed by atoms with Crippen LogP contribution in [-0.2, 0) is 22.9 Å². The molecule has 136 valence electrons. The Hall–Kier alpha value is -2.31. The van der Waals surface area contributed by atoms with Crippen molar-refractivity contribution >= 4 is 20.9 Å². The molecule has 1 aromatic heterocycles. The van der Waals surface area contributed by atoms with Gasteiger partial charge in [-0.25, -0.2) is 13.1 Å². The summed E-state index contributed by atoms with van der Waals surface area (Å²) < 4.78 is 33.8. The standard InChI is InChI=1S/C20H22N2O3S/c1-13-5-3-4-6-20(13)26(23,24)22-14-7-9-18-16(11-14)17-12-15(25-2)8-10-19(17)21-18/h3-6,8,10,12,14,21-22H,7,9,11H2,1-2H3. The van der Waals surface area contributed by atoms with Crippen LogP contribution in [0.4, 0.5) is 0 Å². The van der Waals surface area contributed by atoms with E-state index in [1.54, 1.807) is 19.2 Å². The minimum Gasteiger partial charge on any atom is -0.497 e. The van der Waals surface area contributed by atoms with Gasteiger partial charge in [-0.05, 0) is 61.6 Å². The van der Waals surface area contributed by atoms with Crippen molar-refractivity contribution in [3.8, 4) is 5.75 Å². The molecule has 2 aromatic carbocycles. The molecule has 26 heavy (non-hydrogen) atoms. The number of fused-ring (bicyclic) bond motifs is 3. The van der Waals surface area contributed by atoms with Crippen LogP contribution < -0.4 is 9.46 Å². The molecule has 0 saturated heterocycles. The van der Waals surface area contributed by atoms with E-state index >= 15 is 0 Å². The molecule has 0 amide bonds. The van der Waals surface area contributed by atoms with E-state index in [1.165, 1.54) is 11.3 Å². The van der Waals surface area contributed by atoms with Gasteiger partial charge in [0.05, 0.1) is 12.0 Å². The van der Waals surface area contributed by atoms with Crippen LogP contribution in [0.2, 0.25) is 0 Å². The van der Waals surface area contributed by atoms with E-state index in [0.717, 1.165) is 35.1 Å². The van der Waals surface area contributed by atoms with E-state index in [-0.39, 0.29) is 6.04 Å². The van der Waals surface area contributed by atoms with Crippen molar-refractivity contribution in [3.63, 3.8) is 0 Å². The number of aromatic amines is 1. The van der Waals surface area contributed by atoms with Gasteiger partial charge in [0.25, 0.3) is 0 Å². The molecule has 0 spiro atoms. The van der Waals surface area contributed by atoms with E-state index in [1.807, 2.05) is 37.3 Å². The number of rotatable bonds is 4. The third-order valence-corrected chi connectivity index (χ3v) is 6.78. The number of H-pyrrole nitrogens is 1. The van der Waals surface area contributed by atoms with Crippen LogP contribution in [0.1, 0.15) is 23.2 Å². The highest BCUT2D eigenvalue weighted by Gasteiger charge is 2.27. The summed E-state index contributed by atoms with van der Waals surface area (Å²) in [6.07, 6.45) is 2.28. The molecule has 1 aliphatic rings. The first-order valence-electron chi connectivity index (χ1n) is 8.73. The lowest BCUT2D eigenvalue weighted by molar-refractivity contribution is 0.415. The number of methoxy groups -OCH3 is 1. The second-order valence-electron chi connectivity index (χ2n) is 6.82. The minimum absolute atomic E-state index is 0.114. The Morgan fingerprint density at radius 2 is 2.00 bits per heavy atom. The van der Waals surface area contributed by atoms with Crippen molar-refractivity contribution in [2.45, 2.75) is 37.1 Å². The van der Waals surface area contributed by atoms with Crippen LogP contribution in [0.25, 0.3) is 10.9 Å². The molecular formula is C20H22N2O3S. The number of aromatic nitrogens is 1. The highest BCUT2D eigenvalue weighted by molar-refractivity contribution is 7.89. The topological polar surface area (TPSA) is 71.2 Å². The molecule has 1 aliphatic carbocycles. The first kappa shape index (κ1) is 17.1. The predicted molar refractivity (Wildman–Crippen MR) is 102 cm³/mol. The third-order valence-electron chi connectivity index (χ3n) is 5.10. The van der Waals surface area contributed by atoms with Gasteiger partial charge in [0.2, 0.25) is 10.0 Å². The van der Waals surface area contributed by atoms with Crippen molar-refractivity contribution in [3.05, 3.63) is 59.3 Å². The first-order chi connectivity index (χ1) is 12.5. The van der Waals surface area contributed by atoms with Gasteiger partial charge < -0.3 is 9.72 Å². The fraction of sp³-hybridized carbons (Fsp3) is 0.300. The minimum atomic E-state index is -3.53. The van der Waals surface area contributed by atoms with Crippen molar-refractivity contribution in [1.29, 1.82) is 0 Å². The Bertz CT molecular complexity index is 1070. The molecule has 0 fully saturated rings. The Balaban J connectivity index is 1.63. The molecule has 6 heteroatoms. The van der Waals surface area contributed by atoms with E-state index in [4.69, 9.17) is 4.74 Å². The molecule has 5 nitrogen and oxygen atoms in total. The zero-order valence-corrected chi connectivity index (χ0v) is 15.7. The average Bonchev–Trinajstić information content (AvgIpc) is 2.98. The second kappa shape index (κ2) is 6.45. The average molecular weight is 370 g/mol. The van der Waals surface area contributed by atoms with Crippen molar-refractivity contribution < 1.29 is 13.2 Å². The lowest BCUT2D eigenvalue weighted by Gasteiger charge is -2.24. The zero-order valence-electron chi connectivity index (χ0n) is 14.9. The van der Waals surface area contributed by atoms with Crippen LogP contribution in [0, 0.1) is 6.92 Å². The molecule has 4 rings (SSSR count). The molecular weight excluding hydrogens is 348 g/mol.